The molecule has 2 aromatic carbocycles. The SMILES string of the molecule is N#CC(=Cc1cccn1-c1ccccc1)c1ccccc1Cl. The van der Waals surface area contributed by atoms with Crippen molar-refractivity contribution >= 4 is 23.3 Å². The third-order valence-corrected chi connectivity index (χ3v) is 3.72. The standard InChI is InChI=1S/C19H13ClN2/c20-19-11-5-4-10-18(19)15(14-21)13-17-9-6-12-22(17)16-7-2-1-3-8-16/h1-13H. The van der Waals surface area contributed by atoms with Crippen LogP contribution < -0.4 is 0 Å². The summed E-state index contributed by atoms with van der Waals surface area (Å²) in [6, 6.07) is 23.6. The lowest BCUT2D eigenvalue weighted by Crippen LogP contribution is -1.94. The molecule has 0 saturated heterocycles. The number of rotatable bonds is 3. The first kappa shape index (κ1) is 14.2. The number of hydrogen-bond donors (Lipinski definition) is 0. The number of halogens is 1. The molecule has 0 aliphatic rings. The quantitative estimate of drug-likeness (QED) is 0.612. The maximum atomic E-state index is 9.48. The van der Waals surface area contributed by atoms with Crippen LogP contribution in [0.4, 0.5) is 0 Å². The summed E-state index contributed by atoms with van der Waals surface area (Å²) >= 11 is 6.20. The van der Waals surface area contributed by atoms with Gasteiger partial charge in [0, 0.05) is 28.2 Å². The van der Waals surface area contributed by atoms with E-state index in [9.17, 15) is 5.26 Å². The summed E-state index contributed by atoms with van der Waals surface area (Å²) in [5.74, 6) is 0. The zero-order valence-corrected chi connectivity index (χ0v) is 12.5. The molecule has 106 valence electrons. The predicted octanol–water partition coefficient (Wildman–Crippen LogP) is 5.19. The average molecular weight is 305 g/mol. The number of hydrogen-bond acceptors (Lipinski definition) is 1. The van der Waals surface area contributed by atoms with E-state index in [1.54, 1.807) is 6.07 Å². The molecule has 2 nitrogen and oxygen atoms in total. The predicted molar refractivity (Wildman–Crippen MR) is 90.7 cm³/mol. The maximum absolute atomic E-state index is 9.48. The molecule has 0 unspecified atom stereocenters. The van der Waals surface area contributed by atoms with E-state index in [0.29, 0.717) is 10.6 Å². The van der Waals surface area contributed by atoms with E-state index in [1.165, 1.54) is 0 Å². The van der Waals surface area contributed by atoms with Crippen molar-refractivity contribution in [2.45, 2.75) is 0 Å². The van der Waals surface area contributed by atoms with E-state index in [0.717, 1.165) is 16.9 Å². The number of aromatic nitrogens is 1. The smallest absolute Gasteiger partial charge is 0.0999 e. The number of nitrogens with zero attached hydrogens (tertiary/aromatic N) is 2. The molecule has 3 aromatic rings. The highest BCUT2D eigenvalue weighted by Gasteiger charge is 2.07. The van der Waals surface area contributed by atoms with Gasteiger partial charge in [0.15, 0.2) is 0 Å². The highest BCUT2D eigenvalue weighted by molar-refractivity contribution is 6.32. The summed E-state index contributed by atoms with van der Waals surface area (Å²) in [7, 11) is 0. The maximum Gasteiger partial charge on any atom is 0.0999 e. The molecular formula is C19H13ClN2. The summed E-state index contributed by atoms with van der Waals surface area (Å²) in [4.78, 5) is 0. The normalized spacial score (nSPS) is 11.2. The Kier molecular flexibility index (Phi) is 4.09. The molecule has 3 heteroatoms. The van der Waals surface area contributed by atoms with Crippen molar-refractivity contribution in [1.82, 2.24) is 4.57 Å². The molecule has 0 spiro atoms. The molecule has 1 aromatic heterocycles. The minimum Gasteiger partial charge on any atom is -0.317 e. The second kappa shape index (κ2) is 6.34. The van der Waals surface area contributed by atoms with Crippen LogP contribution in [0.3, 0.4) is 0 Å². The van der Waals surface area contributed by atoms with Crippen molar-refractivity contribution in [3.05, 3.63) is 89.2 Å². The molecule has 0 radical (unpaired) electrons. The van der Waals surface area contributed by atoms with Gasteiger partial charge >= 0.3 is 0 Å². The van der Waals surface area contributed by atoms with Gasteiger partial charge in [0.25, 0.3) is 0 Å². The Morgan fingerprint density at radius 2 is 1.68 bits per heavy atom. The lowest BCUT2D eigenvalue weighted by Gasteiger charge is -2.07. The largest absolute Gasteiger partial charge is 0.317 e. The number of nitriles is 1. The van der Waals surface area contributed by atoms with E-state index >= 15 is 0 Å². The van der Waals surface area contributed by atoms with Crippen LogP contribution in [0.2, 0.25) is 5.02 Å². The Bertz CT molecular complexity index is 854. The second-order valence-corrected chi connectivity index (χ2v) is 5.20. The molecule has 0 bridgehead atoms. The van der Waals surface area contributed by atoms with Gasteiger partial charge in [-0.3, -0.25) is 0 Å². The average Bonchev–Trinajstić information content (AvgIpc) is 3.02. The molecule has 0 fully saturated rings. The fourth-order valence-electron chi connectivity index (χ4n) is 2.33. The van der Waals surface area contributed by atoms with Gasteiger partial charge < -0.3 is 4.57 Å². The molecule has 0 saturated carbocycles. The molecule has 3 rings (SSSR count). The monoisotopic (exact) mass is 304 g/mol. The van der Waals surface area contributed by atoms with E-state index in [2.05, 4.69) is 6.07 Å². The molecule has 0 amide bonds. The van der Waals surface area contributed by atoms with Crippen LogP contribution in [0.15, 0.2) is 72.9 Å². The van der Waals surface area contributed by atoms with Gasteiger partial charge in [-0.2, -0.15) is 5.26 Å². The van der Waals surface area contributed by atoms with Crippen molar-refractivity contribution < 1.29 is 0 Å². The van der Waals surface area contributed by atoms with Crippen LogP contribution in [0.5, 0.6) is 0 Å². The Labute approximate surface area is 134 Å². The van der Waals surface area contributed by atoms with Crippen molar-refractivity contribution in [2.75, 3.05) is 0 Å². The summed E-state index contributed by atoms with van der Waals surface area (Å²) in [5.41, 5.74) is 3.27. The highest BCUT2D eigenvalue weighted by Crippen LogP contribution is 2.26. The molecule has 0 aliphatic carbocycles. The third kappa shape index (κ3) is 2.81. The zero-order valence-electron chi connectivity index (χ0n) is 11.8. The van der Waals surface area contributed by atoms with E-state index in [-0.39, 0.29) is 0 Å². The summed E-state index contributed by atoms with van der Waals surface area (Å²) in [6.45, 7) is 0. The van der Waals surface area contributed by atoms with Crippen molar-refractivity contribution in [3.63, 3.8) is 0 Å². The van der Waals surface area contributed by atoms with E-state index in [1.807, 2.05) is 77.5 Å². The molecule has 0 N–H and O–H groups in total. The van der Waals surface area contributed by atoms with Gasteiger partial charge in [0.1, 0.15) is 0 Å². The minimum absolute atomic E-state index is 0.543. The molecule has 1 heterocycles. The Morgan fingerprint density at radius 3 is 2.41 bits per heavy atom. The van der Waals surface area contributed by atoms with E-state index < -0.39 is 0 Å². The Hall–Kier alpha value is -2.76. The topological polar surface area (TPSA) is 28.7 Å². The van der Waals surface area contributed by atoms with Crippen molar-refractivity contribution in [1.29, 1.82) is 5.26 Å². The molecule has 22 heavy (non-hydrogen) atoms. The Balaban J connectivity index is 2.08. The van der Waals surface area contributed by atoms with Gasteiger partial charge in [-0.15, -0.1) is 0 Å². The summed E-state index contributed by atoms with van der Waals surface area (Å²) in [5, 5.41) is 10.1. The van der Waals surface area contributed by atoms with Gasteiger partial charge in [0.2, 0.25) is 0 Å². The number of para-hydroxylation sites is 1. The first-order valence-corrected chi connectivity index (χ1v) is 7.27. The van der Waals surface area contributed by atoms with Crippen LogP contribution >= 0.6 is 11.6 Å². The molecule has 0 aliphatic heterocycles. The second-order valence-electron chi connectivity index (χ2n) is 4.79. The van der Waals surface area contributed by atoms with Gasteiger partial charge in [-0.05, 0) is 36.4 Å². The van der Waals surface area contributed by atoms with E-state index in [4.69, 9.17) is 11.6 Å². The van der Waals surface area contributed by atoms with Crippen LogP contribution in [-0.4, -0.2) is 4.57 Å². The van der Waals surface area contributed by atoms with Gasteiger partial charge in [-0.1, -0.05) is 48.0 Å². The third-order valence-electron chi connectivity index (χ3n) is 3.39. The zero-order chi connectivity index (χ0) is 15.4. The fourth-order valence-corrected chi connectivity index (χ4v) is 2.57. The lowest BCUT2D eigenvalue weighted by atomic mass is 10.1. The molecule has 0 atom stereocenters. The van der Waals surface area contributed by atoms with Crippen molar-refractivity contribution in [2.24, 2.45) is 0 Å². The van der Waals surface area contributed by atoms with Crippen LogP contribution in [0.1, 0.15) is 11.3 Å². The fraction of sp³-hybridized carbons (Fsp3) is 0. The summed E-state index contributed by atoms with van der Waals surface area (Å²) in [6.07, 6.45) is 3.83. The first-order valence-electron chi connectivity index (χ1n) is 6.89. The number of allylic oxidation sites excluding steroid dienone is 1. The van der Waals surface area contributed by atoms with Gasteiger partial charge in [-0.25, -0.2) is 0 Å². The van der Waals surface area contributed by atoms with Crippen LogP contribution in [0.25, 0.3) is 17.3 Å². The Morgan fingerprint density at radius 1 is 0.955 bits per heavy atom. The lowest BCUT2D eigenvalue weighted by molar-refractivity contribution is 1.06. The van der Waals surface area contributed by atoms with Gasteiger partial charge in [0.05, 0.1) is 11.6 Å². The van der Waals surface area contributed by atoms with Crippen LogP contribution in [-0.2, 0) is 0 Å². The first-order chi connectivity index (χ1) is 10.8. The highest BCUT2D eigenvalue weighted by atomic mass is 35.5. The van der Waals surface area contributed by atoms with Crippen LogP contribution in [0, 0.1) is 11.3 Å². The van der Waals surface area contributed by atoms with Crippen molar-refractivity contribution in [3.8, 4) is 11.8 Å². The minimum atomic E-state index is 0.543. The summed E-state index contributed by atoms with van der Waals surface area (Å²) < 4.78 is 2.04. The molecular weight excluding hydrogens is 292 g/mol. The number of benzene rings is 2.